The number of hydrogen-bond donors (Lipinski definition) is 0. The Kier molecular flexibility index (Phi) is 9.49. The monoisotopic (exact) mass is 540 g/mol. The van der Waals surface area contributed by atoms with Crippen LogP contribution in [0.4, 0.5) is 9.59 Å². The minimum atomic E-state index is -0.995. The van der Waals surface area contributed by atoms with Gasteiger partial charge in [0.15, 0.2) is 0 Å². The zero-order chi connectivity index (χ0) is 27.9. The van der Waals surface area contributed by atoms with Crippen LogP contribution in [0.1, 0.15) is 58.7 Å². The number of para-hydroxylation sites is 1. The molecular weight excluding hydrogens is 504 g/mol. The van der Waals surface area contributed by atoms with Crippen molar-refractivity contribution in [3.8, 4) is 5.75 Å². The van der Waals surface area contributed by atoms with E-state index in [1.807, 2.05) is 42.6 Å². The fraction of sp³-hybridized carbons (Fsp3) is 0.414. The van der Waals surface area contributed by atoms with Gasteiger partial charge in [0.2, 0.25) is 0 Å². The van der Waals surface area contributed by atoms with E-state index in [0.717, 1.165) is 27.1 Å². The van der Waals surface area contributed by atoms with Crippen LogP contribution < -0.4 is 4.74 Å². The summed E-state index contributed by atoms with van der Waals surface area (Å²) < 4.78 is 16.2. The second-order valence-electron chi connectivity index (χ2n) is 10.7. The quantitative estimate of drug-likeness (QED) is 0.227. The van der Waals surface area contributed by atoms with Gasteiger partial charge in [0.1, 0.15) is 23.0 Å². The second-order valence-corrected chi connectivity index (χ2v) is 11.7. The van der Waals surface area contributed by atoms with Crippen molar-refractivity contribution in [1.82, 2.24) is 10.0 Å². The van der Waals surface area contributed by atoms with Gasteiger partial charge in [0.25, 0.3) is 0 Å². The van der Waals surface area contributed by atoms with Crippen LogP contribution >= 0.6 is 11.8 Å². The summed E-state index contributed by atoms with van der Waals surface area (Å²) in [6.07, 6.45) is 0.0587. The molecule has 1 aromatic heterocycles. The van der Waals surface area contributed by atoms with E-state index in [0.29, 0.717) is 17.3 Å². The molecular formula is C29H36N2O6S. The summed E-state index contributed by atoms with van der Waals surface area (Å²) >= 11 is 1.58. The van der Waals surface area contributed by atoms with Crippen molar-refractivity contribution in [2.45, 2.75) is 64.5 Å². The third-order valence-corrected chi connectivity index (χ3v) is 6.20. The summed E-state index contributed by atoms with van der Waals surface area (Å²) in [7, 11) is 1.58. The van der Waals surface area contributed by atoms with E-state index >= 15 is 0 Å². The van der Waals surface area contributed by atoms with Crippen LogP contribution in [0.15, 0.2) is 60.8 Å². The minimum Gasteiger partial charge on any atom is -0.497 e. The zero-order valence-electron chi connectivity index (χ0n) is 23.0. The minimum absolute atomic E-state index is 0.404. The number of methoxy groups -OCH3 is 1. The van der Waals surface area contributed by atoms with Gasteiger partial charge in [0.05, 0.1) is 12.6 Å². The molecule has 0 saturated heterocycles. The first kappa shape index (κ1) is 29.1. The van der Waals surface area contributed by atoms with Crippen LogP contribution in [-0.2, 0) is 20.1 Å². The van der Waals surface area contributed by atoms with Gasteiger partial charge in [-0.05, 0) is 76.9 Å². The standard InChI is InChI=1S/C29H36N2O6S/c1-28(2,3)35-26(32)31(37-27(33)36-29(4,5)6)25(21-12-14-23(34-7)15-13-21)19-38-18-20-16-22-10-8-9-11-24(22)30-17-20/h8-17,25H,18-19H2,1-7H3/t25-/m1/s1. The molecule has 2 aromatic carbocycles. The van der Waals surface area contributed by atoms with Gasteiger partial charge < -0.3 is 14.2 Å². The van der Waals surface area contributed by atoms with Crippen molar-refractivity contribution >= 4 is 34.9 Å². The summed E-state index contributed by atoms with van der Waals surface area (Å²) in [6, 6.07) is 16.6. The van der Waals surface area contributed by atoms with E-state index in [2.05, 4.69) is 11.1 Å². The molecule has 0 radical (unpaired) electrons. The van der Waals surface area contributed by atoms with Crippen LogP contribution in [0.25, 0.3) is 10.9 Å². The van der Waals surface area contributed by atoms with Gasteiger partial charge >= 0.3 is 12.2 Å². The Balaban J connectivity index is 1.88. The number of fused-ring (bicyclic) bond motifs is 1. The molecule has 0 spiro atoms. The Bertz CT molecular complexity index is 1230. The number of amides is 1. The fourth-order valence-corrected chi connectivity index (χ4v) is 4.56. The molecule has 0 aliphatic heterocycles. The Morgan fingerprint density at radius 2 is 1.61 bits per heavy atom. The largest absolute Gasteiger partial charge is 0.534 e. The molecule has 0 aliphatic rings. The highest BCUT2D eigenvalue weighted by atomic mass is 32.2. The molecule has 0 aliphatic carbocycles. The van der Waals surface area contributed by atoms with Crippen LogP contribution in [0, 0.1) is 0 Å². The second kappa shape index (κ2) is 12.4. The highest BCUT2D eigenvalue weighted by Gasteiger charge is 2.35. The van der Waals surface area contributed by atoms with Gasteiger partial charge in [0, 0.05) is 23.1 Å². The number of hydroxylamine groups is 2. The average molecular weight is 541 g/mol. The fourth-order valence-electron chi connectivity index (χ4n) is 3.49. The molecule has 3 rings (SSSR count). The first-order valence-corrected chi connectivity index (χ1v) is 13.5. The third-order valence-electron chi connectivity index (χ3n) is 5.11. The molecule has 0 bridgehead atoms. The van der Waals surface area contributed by atoms with Crippen molar-refractivity contribution in [3.05, 3.63) is 71.9 Å². The number of ether oxygens (including phenoxy) is 3. The smallest absolute Gasteiger partial charge is 0.497 e. The number of benzene rings is 2. The molecule has 0 saturated carbocycles. The first-order chi connectivity index (χ1) is 17.8. The van der Waals surface area contributed by atoms with E-state index in [1.165, 1.54) is 0 Å². The van der Waals surface area contributed by atoms with E-state index in [4.69, 9.17) is 19.0 Å². The number of rotatable bonds is 7. The average Bonchev–Trinajstić information content (AvgIpc) is 2.83. The maximum Gasteiger partial charge on any atom is 0.534 e. The molecule has 204 valence electrons. The van der Waals surface area contributed by atoms with Crippen LogP contribution in [0.3, 0.4) is 0 Å². The molecule has 0 fully saturated rings. The molecule has 3 aromatic rings. The number of thioether (sulfide) groups is 1. The Morgan fingerprint density at radius 3 is 2.24 bits per heavy atom. The lowest BCUT2D eigenvalue weighted by molar-refractivity contribution is -0.153. The highest BCUT2D eigenvalue weighted by molar-refractivity contribution is 7.98. The van der Waals surface area contributed by atoms with Crippen molar-refractivity contribution in [2.24, 2.45) is 0 Å². The molecule has 0 N–H and O–H groups in total. The normalized spacial score (nSPS) is 12.5. The number of aromatic nitrogens is 1. The molecule has 0 unspecified atom stereocenters. The lowest BCUT2D eigenvalue weighted by Gasteiger charge is -2.32. The summed E-state index contributed by atoms with van der Waals surface area (Å²) in [5, 5.41) is 2.02. The molecule has 1 atom stereocenters. The first-order valence-electron chi connectivity index (χ1n) is 12.3. The number of hydrogen-bond acceptors (Lipinski definition) is 8. The number of nitrogens with zero attached hydrogens (tertiary/aromatic N) is 2. The Hall–Kier alpha value is -3.46. The molecule has 1 heterocycles. The van der Waals surface area contributed by atoms with Crippen molar-refractivity contribution in [1.29, 1.82) is 0 Å². The predicted octanol–water partition coefficient (Wildman–Crippen LogP) is 7.32. The van der Waals surface area contributed by atoms with Crippen LogP contribution in [-0.4, -0.2) is 46.4 Å². The van der Waals surface area contributed by atoms with Gasteiger partial charge in [-0.25, -0.2) is 9.59 Å². The van der Waals surface area contributed by atoms with Crippen molar-refractivity contribution < 1.29 is 28.6 Å². The van der Waals surface area contributed by atoms with E-state index in [9.17, 15) is 9.59 Å². The lowest BCUT2D eigenvalue weighted by Crippen LogP contribution is -2.42. The van der Waals surface area contributed by atoms with E-state index in [1.54, 1.807) is 72.5 Å². The third kappa shape index (κ3) is 8.83. The van der Waals surface area contributed by atoms with E-state index in [-0.39, 0.29) is 0 Å². The summed E-state index contributed by atoms with van der Waals surface area (Å²) in [5.74, 6) is 1.71. The number of pyridine rings is 1. The Morgan fingerprint density at radius 1 is 0.947 bits per heavy atom. The molecule has 1 amide bonds. The predicted molar refractivity (Wildman–Crippen MR) is 149 cm³/mol. The maximum absolute atomic E-state index is 13.3. The van der Waals surface area contributed by atoms with E-state index < -0.39 is 29.5 Å². The van der Waals surface area contributed by atoms with Gasteiger partial charge in [-0.1, -0.05) is 30.3 Å². The highest BCUT2D eigenvalue weighted by Crippen LogP contribution is 2.31. The van der Waals surface area contributed by atoms with Crippen molar-refractivity contribution in [3.63, 3.8) is 0 Å². The lowest BCUT2D eigenvalue weighted by atomic mass is 10.1. The maximum atomic E-state index is 13.3. The molecule has 38 heavy (non-hydrogen) atoms. The van der Waals surface area contributed by atoms with Crippen LogP contribution in [0.2, 0.25) is 0 Å². The summed E-state index contributed by atoms with van der Waals surface area (Å²) in [6.45, 7) is 10.4. The van der Waals surface area contributed by atoms with Gasteiger partial charge in [-0.3, -0.25) is 9.82 Å². The number of carbonyl (C=O) groups excluding carboxylic acids is 2. The molecule has 8 nitrogen and oxygen atoms in total. The Labute approximate surface area is 228 Å². The van der Waals surface area contributed by atoms with Crippen molar-refractivity contribution in [2.75, 3.05) is 12.9 Å². The number of carbonyl (C=O) groups is 2. The van der Waals surface area contributed by atoms with Gasteiger partial charge in [-0.2, -0.15) is 11.8 Å². The van der Waals surface area contributed by atoms with Gasteiger partial charge in [-0.15, -0.1) is 5.06 Å². The topological polar surface area (TPSA) is 87.2 Å². The SMILES string of the molecule is COc1ccc([C@@H](CSCc2cnc3ccccc3c2)N(OC(=O)OC(C)(C)C)C(=O)OC(C)(C)C)cc1. The van der Waals surface area contributed by atoms with Crippen LogP contribution in [0.5, 0.6) is 5.75 Å². The molecule has 9 heteroatoms. The summed E-state index contributed by atoms with van der Waals surface area (Å²) in [4.78, 5) is 36.0. The zero-order valence-corrected chi connectivity index (χ0v) is 23.8. The summed E-state index contributed by atoms with van der Waals surface area (Å²) in [5.41, 5.74) is 1.10.